The molecule has 1 aromatic carbocycles. The minimum atomic E-state index is -0.325. The molecule has 0 aliphatic rings. The van der Waals surface area contributed by atoms with Crippen LogP contribution in [0.25, 0.3) is 0 Å². The summed E-state index contributed by atoms with van der Waals surface area (Å²) in [5.74, 6) is 0.209. The van der Waals surface area contributed by atoms with Crippen molar-refractivity contribution in [1.82, 2.24) is 4.72 Å². The summed E-state index contributed by atoms with van der Waals surface area (Å²) in [6, 6.07) is 6.58. The lowest BCUT2D eigenvalue weighted by Crippen LogP contribution is -2.20. The predicted octanol–water partition coefficient (Wildman–Crippen LogP) is 1.23. The van der Waals surface area contributed by atoms with Gasteiger partial charge >= 0.3 is 0 Å². The van der Waals surface area contributed by atoms with Gasteiger partial charge in [-0.05, 0) is 31.2 Å². The summed E-state index contributed by atoms with van der Waals surface area (Å²) in [4.78, 5) is 21.7. The Morgan fingerprint density at radius 2 is 1.93 bits per heavy atom. The Morgan fingerprint density at radius 1 is 1.33 bits per heavy atom. The Morgan fingerprint density at radius 3 is 2.40 bits per heavy atom. The minimum Gasteiger partial charge on any atom is -0.484 e. The summed E-state index contributed by atoms with van der Waals surface area (Å²) < 4.78 is 7.26. The molecule has 0 aliphatic carbocycles. The normalized spacial score (nSPS) is 9.47. The summed E-state index contributed by atoms with van der Waals surface area (Å²) in [5, 5.41) is 0. The fourth-order valence-corrected chi connectivity index (χ4v) is 1.03. The molecule has 1 aromatic rings. The Hall–Kier alpha value is -1.49. The number of thiol groups is 1. The van der Waals surface area contributed by atoms with E-state index in [1.165, 1.54) is 6.92 Å². The zero-order valence-electron chi connectivity index (χ0n) is 8.19. The van der Waals surface area contributed by atoms with Crippen LogP contribution in [0.2, 0.25) is 0 Å². The highest BCUT2D eigenvalue weighted by Gasteiger charge is 2.01. The number of amides is 1. The molecule has 0 atom stereocenters. The molecule has 80 valence electrons. The van der Waals surface area contributed by atoms with Gasteiger partial charge in [0.05, 0.1) is 0 Å². The molecule has 0 aromatic heterocycles. The van der Waals surface area contributed by atoms with E-state index in [1.807, 2.05) is 0 Å². The molecule has 0 fully saturated rings. The SMILES string of the molecule is CC(=O)c1ccc(OCC(=O)NS)cc1. The number of nitrogens with one attached hydrogen (secondary N) is 1. The minimum absolute atomic E-state index is 0.00495. The van der Waals surface area contributed by atoms with Crippen molar-refractivity contribution in [3.05, 3.63) is 29.8 Å². The molecule has 0 spiro atoms. The lowest BCUT2D eigenvalue weighted by Gasteiger charge is -2.04. The first-order valence-corrected chi connectivity index (χ1v) is 4.75. The largest absolute Gasteiger partial charge is 0.484 e. The standard InChI is InChI=1S/C10H11NO3S/c1-7(12)8-2-4-9(5-3-8)14-6-10(13)11-15/h2-5,15H,6H2,1H3,(H,11,13). The quantitative estimate of drug-likeness (QED) is 0.598. The van der Waals surface area contributed by atoms with E-state index >= 15 is 0 Å². The second-order valence-corrected chi connectivity index (χ2v) is 3.13. The van der Waals surface area contributed by atoms with Crippen molar-refractivity contribution in [3.63, 3.8) is 0 Å². The second kappa shape index (κ2) is 5.41. The van der Waals surface area contributed by atoms with Crippen LogP contribution in [0.1, 0.15) is 17.3 Å². The van der Waals surface area contributed by atoms with Crippen LogP contribution in [-0.2, 0) is 4.79 Å². The van der Waals surface area contributed by atoms with E-state index in [4.69, 9.17) is 4.74 Å². The smallest absolute Gasteiger partial charge is 0.267 e. The van der Waals surface area contributed by atoms with E-state index in [0.717, 1.165) is 0 Å². The molecular weight excluding hydrogens is 214 g/mol. The Labute approximate surface area is 93.2 Å². The van der Waals surface area contributed by atoms with Crippen LogP contribution in [0.4, 0.5) is 0 Å². The predicted molar refractivity (Wildman–Crippen MR) is 59.1 cm³/mol. The number of hydrogen-bond acceptors (Lipinski definition) is 4. The molecule has 0 saturated heterocycles. The van der Waals surface area contributed by atoms with Crippen LogP contribution in [-0.4, -0.2) is 18.3 Å². The zero-order chi connectivity index (χ0) is 11.3. The highest BCUT2D eigenvalue weighted by molar-refractivity contribution is 7.78. The fourth-order valence-electron chi connectivity index (χ4n) is 0.967. The lowest BCUT2D eigenvalue weighted by atomic mass is 10.1. The Kier molecular flexibility index (Phi) is 4.17. The van der Waals surface area contributed by atoms with Gasteiger partial charge in [0.25, 0.3) is 5.91 Å². The van der Waals surface area contributed by atoms with Gasteiger partial charge in [0, 0.05) is 5.56 Å². The third-order valence-corrected chi connectivity index (χ3v) is 2.00. The van der Waals surface area contributed by atoms with Gasteiger partial charge in [-0.1, -0.05) is 12.8 Å². The van der Waals surface area contributed by atoms with Crippen molar-refractivity contribution in [2.45, 2.75) is 6.92 Å². The molecule has 5 heteroatoms. The van der Waals surface area contributed by atoms with Crippen molar-refractivity contribution in [2.24, 2.45) is 0 Å². The Bertz CT molecular complexity index is 361. The third-order valence-electron chi connectivity index (χ3n) is 1.76. The number of rotatable bonds is 4. The summed E-state index contributed by atoms with van der Waals surface area (Å²) in [5.41, 5.74) is 0.612. The number of benzene rings is 1. The van der Waals surface area contributed by atoms with Gasteiger partial charge in [-0.15, -0.1) is 0 Å². The number of hydrogen-bond donors (Lipinski definition) is 2. The van der Waals surface area contributed by atoms with Gasteiger partial charge in [0.1, 0.15) is 5.75 Å². The maximum absolute atomic E-state index is 11.0. The van der Waals surface area contributed by atoms with Crippen LogP contribution in [0, 0.1) is 0 Å². The third kappa shape index (κ3) is 3.63. The van der Waals surface area contributed by atoms with Crippen LogP contribution in [0.5, 0.6) is 5.75 Å². The van der Waals surface area contributed by atoms with Crippen molar-refractivity contribution in [2.75, 3.05) is 6.61 Å². The number of ether oxygens (including phenoxy) is 1. The molecule has 0 bridgehead atoms. The van der Waals surface area contributed by atoms with Gasteiger partial charge < -0.3 is 4.74 Å². The van der Waals surface area contributed by atoms with E-state index < -0.39 is 0 Å². The van der Waals surface area contributed by atoms with E-state index in [0.29, 0.717) is 11.3 Å². The van der Waals surface area contributed by atoms with Gasteiger partial charge in [0.2, 0.25) is 0 Å². The molecule has 1 N–H and O–H groups in total. The number of ketones is 1. The van der Waals surface area contributed by atoms with Gasteiger partial charge in [-0.2, -0.15) is 0 Å². The first kappa shape index (κ1) is 11.6. The van der Waals surface area contributed by atoms with Crippen molar-refractivity contribution < 1.29 is 14.3 Å². The highest BCUT2D eigenvalue weighted by Crippen LogP contribution is 2.12. The number of Topliss-reactive ketones (excluding diaryl/α,β-unsaturated/α-hetero) is 1. The molecular formula is C10H11NO3S. The van der Waals surface area contributed by atoms with E-state index in [-0.39, 0.29) is 18.3 Å². The van der Waals surface area contributed by atoms with Crippen LogP contribution in [0.15, 0.2) is 24.3 Å². The number of carbonyl (C=O) groups is 2. The van der Waals surface area contributed by atoms with Gasteiger partial charge in [-0.25, -0.2) is 0 Å². The second-order valence-electron chi connectivity index (χ2n) is 2.90. The molecule has 0 radical (unpaired) electrons. The summed E-state index contributed by atoms with van der Waals surface area (Å²) >= 11 is 3.58. The van der Waals surface area contributed by atoms with E-state index in [2.05, 4.69) is 17.5 Å². The maximum atomic E-state index is 11.0. The number of carbonyl (C=O) groups excluding carboxylic acids is 2. The summed E-state index contributed by atoms with van der Waals surface area (Å²) in [6.07, 6.45) is 0. The van der Waals surface area contributed by atoms with Crippen LogP contribution < -0.4 is 9.46 Å². The van der Waals surface area contributed by atoms with Gasteiger partial charge in [0.15, 0.2) is 12.4 Å². The molecule has 0 aliphatic heterocycles. The molecule has 0 heterocycles. The molecule has 15 heavy (non-hydrogen) atoms. The molecule has 1 rings (SSSR count). The maximum Gasteiger partial charge on any atom is 0.267 e. The highest BCUT2D eigenvalue weighted by atomic mass is 32.1. The fraction of sp³-hybridized carbons (Fsp3) is 0.200. The van der Waals surface area contributed by atoms with Crippen molar-refractivity contribution in [3.8, 4) is 5.75 Å². The van der Waals surface area contributed by atoms with Gasteiger partial charge in [-0.3, -0.25) is 14.3 Å². The zero-order valence-corrected chi connectivity index (χ0v) is 9.08. The lowest BCUT2D eigenvalue weighted by molar-refractivity contribution is -0.121. The molecule has 0 saturated carbocycles. The first-order chi connectivity index (χ1) is 7.13. The average Bonchev–Trinajstić information content (AvgIpc) is 2.26. The Balaban J connectivity index is 2.57. The summed E-state index contributed by atoms with van der Waals surface area (Å²) in [7, 11) is 0. The van der Waals surface area contributed by atoms with Crippen molar-refractivity contribution in [1.29, 1.82) is 0 Å². The molecule has 4 nitrogen and oxygen atoms in total. The summed E-state index contributed by atoms with van der Waals surface area (Å²) in [6.45, 7) is 1.40. The monoisotopic (exact) mass is 225 g/mol. The molecule has 0 unspecified atom stereocenters. The molecule has 1 amide bonds. The first-order valence-electron chi connectivity index (χ1n) is 4.30. The van der Waals surface area contributed by atoms with E-state index in [9.17, 15) is 9.59 Å². The average molecular weight is 225 g/mol. The van der Waals surface area contributed by atoms with E-state index in [1.54, 1.807) is 24.3 Å². The van der Waals surface area contributed by atoms with Crippen LogP contribution in [0.3, 0.4) is 0 Å². The topological polar surface area (TPSA) is 55.4 Å². The van der Waals surface area contributed by atoms with Crippen molar-refractivity contribution >= 4 is 24.5 Å². The van der Waals surface area contributed by atoms with Crippen LogP contribution >= 0.6 is 12.8 Å².